The molecule has 0 fully saturated rings. The molecule has 0 aliphatic heterocycles. The third-order valence-corrected chi connectivity index (χ3v) is 3.97. The van der Waals surface area contributed by atoms with Gasteiger partial charge in [0, 0.05) is 0 Å². The average Bonchev–Trinajstić information content (AvgIpc) is 2.45. The molecule has 0 spiro atoms. The molecule has 0 aliphatic rings. The Labute approximate surface area is 125 Å². The maximum atomic E-state index is 11.2. The molecular formula is C19H31O. The molecule has 0 atom stereocenters. The smallest absolute Gasteiger partial charge is 0.178 e. The number of hydrogen-bond acceptors (Lipinski definition) is 0. The zero-order valence-electron chi connectivity index (χ0n) is 13.2. The summed E-state index contributed by atoms with van der Waals surface area (Å²) in [4.78, 5) is 0. The Balaban J connectivity index is 1.85. The van der Waals surface area contributed by atoms with Crippen molar-refractivity contribution in [2.75, 3.05) is 0 Å². The van der Waals surface area contributed by atoms with Gasteiger partial charge in [0.25, 0.3) is 0 Å². The van der Waals surface area contributed by atoms with Crippen molar-refractivity contribution in [2.24, 2.45) is 0 Å². The highest BCUT2D eigenvalue weighted by atomic mass is 16.3. The van der Waals surface area contributed by atoms with Gasteiger partial charge >= 0.3 is 0 Å². The minimum Gasteiger partial charge on any atom is -0.290 e. The summed E-state index contributed by atoms with van der Waals surface area (Å²) in [6, 6.07) is 7.34. The monoisotopic (exact) mass is 275 g/mol. The fraction of sp³-hybridized carbons (Fsp3) is 0.684. The van der Waals surface area contributed by atoms with Crippen molar-refractivity contribution in [3.63, 3.8) is 0 Å². The van der Waals surface area contributed by atoms with Crippen molar-refractivity contribution in [3.8, 4) is 5.75 Å². The van der Waals surface area contributed by atoms with Crippen LogP contribution in [-0.4, -0.2) is 0 Å². The molecule has 1 rings (SSSR count). The lowest BCUT2D eigenvalue weighted by molar-refractivity contribution is 0.354. The molecule has 0 saturated heterocycles. The first-order valence-electron chi connectivity index (χ1n) is 8.59. The molecule has 20 heavy (non-hydrogen) atoms. The standard InChI is InChI=1S/C19H31O/c1-2-3-4-5-6-7-8-9-10-11-12-14-18-15-13-16-19(20)17-18/h13,15-17H,2-12,14H2,1H3. The maximum absolute atomic E-state index is 11.2. The van der Waals surface area contributed by atoms with E-state index in [9.17, 15) is 5.11 Å². The second kappa shape index (κ2) is 11.8. The lowest BCUT2D eigenvalue weighted by Crippen LogP contribution is -1.86. The summed E-state index contributed by atoms with van der Waals surface area (Å²) < 4.78 is 0. The largest absolute Gasteiger partial charge is 0.290 e. The first-order valence-corrected chi connectivity index (χ1v) is 8.59. The molecule has 0 unspecified atom stereocenters. The molecule has 0 bridgehead atoms. The number of hydrogen-bond donors (Lipinski definition) is 0. The lowest BCUT2D eigenvalue weighted by Gasteiger charge is -2.03. The highest BCUT2D eigenvalue weighted by Crippen LogP contribution is 2.15. The average molecular weight is 275 g/mol. The van der Waals surface area contributed by atoms with E-state index in [-0.39, 0.29) is 5.75 Å². The van der Waals surface area contributed by atoms with E-state index in [2.05, 4.69) is 13.0 Å². The third kappa shape index (κ3) is 9.01. The van der Waals surface area contributed by atoms with E-state index >= 15 is 0 Å². The Morgan fingerprint density at radius 2 is 1.30 bits per heavy atom. The number of benzene rings is 1. The van der Waals surface area contributed by atoms with Crippen LogP contribution < -0.4 is 0 Å². The van der Waals surface area contributed by atoms with E-state index in [1.54, 1.807) is 12.1 Å². The highest BCUT2D eigenvalue weighted by Gasteiger charge is 1.97. The molecule has 0 amide bonds. The molecular weight excluding hydrogens is 244 g/mol. The highest BCUT2D eigenvalue weighted by molar-refractivity contribution is 5.26. The summed E-state index contributed by atoms with van der Waals surface area (Å²) in [7, 11) is 0. The van der Waals surface area contributed by atoms with Crippen LogP contribution in [0.1, 0.15) is 83.1 Å². The Hall–Kier alpha value is -0.980. The lowest BCUT2D eigenvalue weighted by atomic mass is 10.0. The second-order valence-corrected chi connectivity index (χ2v) is 5.93. The summed E-state index contributed by atoms with van der Waals surface area (Å²) >= 11 is 0. The van der Waals surface area contributed by atoms with Crippen molar-refractivity contribution in [3.05, 3.63) is 29.8 Å². The molecule has 1 aromatic rings. The van der Waals surface area contributed by atoms with Gasteiger partial charge in [-0.2, -0.15) is 0 Å². The molecule has 1 radical (unpaired) electrons. The van der Waals surface area contributed by atoms with Crippen molar-refractivity contribution in [1.82, 2.24) is 0 Å². The van der Waals surface area contributed by atoms with Crippen LogP contribution in [-0.2, 0) is 11.5 Å². The Morgan fingerprint density at radius 1 is 0.750 bits per heavy atom. The fourth-order valence-electron chi connectivity index (χ4n) is 2.69. The Bertz CT molecular complexity index is 332. The van der Waals surface area contributed by atoms with Crippen molar-refractivity contribution < 1.29 is 5.11 Å². The predicted octanol–water partition coefficient (Wildman–Crippen LogP) is 6.68. The van der Waals surface area contributed by atoms with Crippen LogP contribution in [0.15, 0.2) is 24.3 Å². The number of rotatable bonds is 12. The van der Waals surface area contributed by atoms with E-state index < -0.39 is 0 Å². The van der Waals surface area contributed by atoms with Gasteiger partial charge in [0.15, 0.2) is 5.75 Å². The van der Waals surface area contributed by atoms with Gasteiger partial charge < -0.3 is 0 Å². The molecule has 0 heterocycles. The SMILES string of the molecule is CCCCCCCCCCCCCc1cccc([O])c1. The van der Waals surface area contributed by atoms with Crippen LogP contribution in [0.5, 0.6) is 5.75 Å². The fourth-order valence-corrected chi connectivity index (χ4v) is 2.69. The maximum Gasteiger partial charge on any atom is 0.178 e. The van der Waals surface area contributed by atoms with Crippen molar-refractivity contribution in [1.29, 1.82) is 0 Å². The van der Waals surface area contributed by atoms with Gasteiger partial charge in [0.05, 0.1) is 0 Å². The molecule has 0 N–H and O–H groups in total. The van der Waals surface area contributed by atoms with Gasteiger partial charge in [-0.05, 0) is 30.5 Å². The predicted molar refractivity (Wildman–Crippen MR) is 86.7 cm³/mol. The molecule has 0 saturated carbocycles. The minimum absolute atomic E-state index is 0.144. The third-order valence-electron chi connectivity index (χ3n) is 3.97. The quantitative estimate of drug-likeness (QED) is 0.379. The normalized spacial score (nSPS) is 10.8. The van der Waals surface area contributed by atoms with Crippen molar-refractivity contribution >= 4 is 0 Å². The molecule has 0 aromatic heterocycles. The molecule has 1 heteroatoms. The van der Waals surface area contributed by atoms with Gasteiger partial charge in [-0.1, -0.05) is 83.3 Å². The first-order chi connectivity index (χ1) is 9.83. The summed E-state index contributed by atoms with van der Waals surface area (Å²) in [5.74, 6) is 0.144. The van der Waals surface area contributed by atoms with E-state index in [1.165, 1.54) is 76.2 Å². The van der Waals surface area contributed by atoms with E-state index in [0.29, 0.717) is 0 Å². The first kappa shape index (κ1) is 17.1. The van der Waals surface area contributed by atoms with Crippen LogP contribution >= 0.6 is 0 Å². The van der Waals surface area contributed by atoms with Crippen LogP contribution in [0.25, 0.3) is 0 Å². The van der Waals surface area contributed by atoms with Gasteiger partial charge in [0.1, 0.15) is 0 Å². The van der Waals surface area contributed by atoms with Gasteiger partial charge in [-0.3, -0.25) is 5.11 Å². The van der Waals surface area contributed by atoms with E-state index in [1.807, 2.05) is 6.07 Å². The number of unbranched alkanes of at least 4 members (excludes halogenated alkanes) is 10. The zero-order valence-corrected chi connectivity index (χ0v) is 13.2. The van der Waals surface area contributed by atoms with Gasteiger partial charge in [-0.15, -0.1) is 0 Å². The van der Waals surface area contributed by atoms with Crippen LogP contribution in [0.2, 0.25) is 0 Å². The molecule has 1 aromatic carbocycles. The van der Waals surface area contributed by atoms with Crippen LogP contribution in [0, 0.1) is 0 Å². The second-order valence-electron chi connectivity index (χ2n) is 5.93. The van der Waals surface area contributed by atoms with Gasteiger partial charge in [-0.25, -0.2) is 0 Å². The Kier molecular flexibility index (Phi) is 10.1. The van der Waals surface area contributed by atoms with Crippen molar-refractivity contribution in [2.45, 2.75) is 84.0 Å². The van der Waals surface area contributed by atoms with Gasteiger partial charge in [0.2, 0.25) is 0 Å². The number of aryl methyl sites for hydroxylation is 1. The van der Waals surface area contributed by atoms with Crippen LogP contribution in [0.4, 0.5) is 0 Å². The topological polar surface area (TPSA) is 19.9 Å². The molecule has 0 aliphatic carbocycles. The summed E-state index contributed by atoms with van der Waals surface area (Å²) in [5, 5.41) is 11.2. The van der Waals surface area contributed by atoms with Crippen LogP contribution in [0.3, 0.4) is 0 Å². The minimum atomic E-state index is 0.144. The summed E-state index contributed by atoms with van der Waals surface area (Å²) in [5.41, 5.74) is 1.20. The van der Waals surface area contributed by atoms with E-state index in [0.717, 1.165) is 6.42 Å². The zero-order chi connectivity index (χ0) is 14.5. The molecule has 113 valence electrons. The van der Waals surface area contributed by atoms with E-state index in [4.69, 9.17) is 0 Å². The molecule has 1 nitrogen and oxygen atoms in total. The summed E-state index contributed by atoms with van der Waals surface area (Å²) in [6.07, 6.45) is 16.2. The summed E-state index contributed by atoms with van der Waals surface area (Å²) in [6.45, 7) is 2.27. The Morgan fingerprint density at radius 3 is 1.85 bits per heavy atom.